The predicted molar refractivity (Wildman–Crippen MR) is 80.4 cm³/mol. The molecule has 0 radical (unpaired) electrons. The van der Waals surface area contributed by atoms with Crippen LogP contribution in [0.5, 0.6) is 11.5 Å². The number of benzene rings is 1. The molecule has 21 heavy (non-hydrogen) atoms. The smallest absolute Gasteiger partial charge is 0.161 e. The van der Waals surface area contributed by atoms with E-state index < -0.39 is 0 Å². The van der Waals surface area contributed by atoms with E-state index in [0.29, 0.717) is 11.5 Å². The van der Waals surface area contributed by atoms with Crippen molar-refractivity contribution in [2.45, 2.75) is 13.1 Å². The van der Waals surface area contributed by atoms with Gasteiger partial charge in [-0.25, -0.2) is 0 Å². The molecule has 0 spiro atoms. The van der Waals surface area contributed by atoms with E-state index in [1.54, 1.807) is 13.3 Å². The Hall–Kier alpha value is -2.11. The Labute approximate surface area is 124 Å². The lowest BCUT2D eigenvalue weighted by Gasteiger charge is -2.12. The summed E-state index contributed by atoms with van der Waals surface area (Å²) in [6, 6.07) is 9.73. The van der Waals surface area contributed by atoms with Gasteiger partial charge >= 0.3 is 0 Å². The second-order valence-corrected chi connectivity index (χ2v) is 4.52. The molecule has 0 aliphatic heterocycles. The summed E-state index contributed by atoms with van der Waals surface area (Å²) in [4.78, 5) is 4.08. The van der Waals surface area contributed by atoms with Crippen molar-refractivity contribution in [1.82, 2.24) is 10.3 Å². The summed E-state index contributed by atoms with van der Waals surface area (Å²) in [5.74, 6) is 1.31. The molecule has 5 heteroatoms. The zero-order valence-corrected chi connectivity index (χ0v) is 12.1. The molecule has 0 amide bonds. The molecule has 1 aromatic heterocycles. The number of rotatable bonds is 8. The quantitative estimate of drug-likeness (QED) is 0.775. The average molecular weight is 288 g/mol. The Morgan fingerprint density at radius 2 is 2.00 bits per heavy atom. The summed E-state index contributed by atoms with van der Waals surface area (Å²) in [5.41, 5.74) is 2.25. The summed E-state index contributed by atoms with van der Waals surface area (Å²) in [6.45, 7) is 1.73. The van der Waals surface area contributed by atoms with Crippen molar-refractivity contribution in [3.63, 3.8) is 0 Å². The van der Waals surface area contributed by atoms with Gasteiger partial charge in [0.25, 0.3) is 0 Å². The molecule has 0 fully saturated rings. The number of methoxy groups -OCH3 is 1. The fourth-order valence-electron chi connectivity index (χ4n) is 1.95. The Bertz CT molecular complexity index is 546. The third-order valence-corrected chi connectivity index (χ3v) is 2.96. The van der Waals surface area contributed by atoms with E-state index in [9.17, 15) is 0 Å². The largest absolute Gasteiger partial charge is 0.493 e. The molecule has 2 rings (SSSR count). The third-order valence-electron chi connectivity index (χ3n) is 2.96. The van der Waals surface area contributed by atoms with Gasteiger partial charge in [-0.3, -0.25) is 4.98 Å². The van der Waals surface area contributed by atoms with E-state index in [2.05, 4.69) is 10.3 Å². The van der Waals surface area contributed by atoms with Gasteiger partial charge in [0.15, 0.2) is 11.5 Å². The first-order valence-electron chi connectivity index (χ1n) is 6.83. The predicted octanol–water partition coefficient (Wildman–Crippen LogP) is 1.75. The summed E-state index contributed by atoms with van der Waals surface area (Å²) in [7, 11) is 1.61. The minimum Gasteiger partial charge on any atom is -0.493 e. The Balaban J connectivity index is 1.91. The van der Waals surface area contributed by atoms with E-state index in [1.807, 2.05) is 36.5 Å². The van der Waals surface area contributed by atoms with Gasteiger partial charge in [-0.15, -0.1) is 0 Å². The summed E-state index contributed by atoms with van der Waals surface area (Å²) in [6.07, 6.45) is 3.61. The number of hydrogen-bond acceptors (Lipinski definition) is 5. The molecule has 1 heterocycles. The zero-order valence-electron chi connectivity index (χ0n) is 12.1. The van der Waals surface area contributed by atoms with Crippen molar-refractivity contribution in [1.29, 1.82) is 0 Å². The zero-order chi connectivity index (χ0) is 14.9. The molecule has 0 aliphatic rings. The Morgan fingerprint density at radius 3 is 2.71 bits per heavy atom. The lowest BCUT2D eigenvalue weighted by molar-refractivity contribution is 0.196. The van der Waals surface area contributed by atoms with E-state index >= 15 is 0 Å². The highest BCUT2D eigenvalue weighted by atomic mass is 16.5. The van der Waals surface area contributed by atoms with Crippen LogP contribution in [0.4, 0.5) is 0 Å². The van der Waals surface area contributed by atoms with Crippen LogP contribution in [0.1, 0.15) is 11.1 Å². The highest BCUT2D eigenvalue weighted by Gasteiger charge is 2.05. The van der Waals surface area contributed by atoms with E-state index in [1.165, 1.54) is 0 Å². The highest BCUT2D eigenvalue weighted by molar-refractivity contribution is 5.42. The molecular formula is C16H20N2O3. The van der Waals surface area contributed by atoms with Gasteiger partial charge in [-0.05, 0) is 29.3 Å². The number of hydrogen-bond donors (Lipinski definition) is 2. The summed E-state index contributed by atoms with van der Waals surface area (Å²) in [5, 5.41) is 12.1. The number of nitrogens with zero attached hydrogens (tertiary/aromatic N) is 1. The minimum atomic E-state index is -0.0163. The molecule has 0 bridgehead atoms. The molecule has 0 aliphatic carbocycles. The molecule has 112 valence electrons. The monoisotopic (exact) mass is 288 g/mol. The van der Waals surface area contributed by atoms with Gasteiger partial charge in [0, 0.05) is 25.5 Å². The third kappa shape index (κ3) is 4.73. The molecule has 5 nitrogen and oxygen atoms in total. The van der Waals surface area contributed by atoms with Crippen molar-refractivity contribution in [2.24, 2.45) is 0 Å². The van der Waals surface area contributed by atoms with Crippen LogP contribution in [0.2, 0.25) is 0 Å². The summed E-state index contributed by atoms with van der Waals surface area (Å²) >= 11 is 0. The van der Waals surface area contributed by atoms with Crippen LogP contribution < -0.4 is 14.8 Å². The molecule has 0 unspecified atom stereocenters. The number of pyridine rings is 1. The SMILES string of the molecule is COc1cc(CNCc2cccnc2)ccc1OCCO. The van der Waals surface area contributed by atoms with Gasteiger partial charge in [-0.1, -0.05) is 12.1 Å². The topological polar surface area (TPSA) is 63.6 Å². The molecule has 1 aromatic carbocycles. The van der Waals surface area contributed by atoms with E-state index in [4.69, 9.17) is 14.6 Å². The van der Waals surface area contributed by atoms with Gasteiger partial charge < -0.3 is 19.9 Å². The van der Waals surface area contributed by atoms with E-state index in [0.717, 1.165) is 24.2 Å². The first-order chi connectivity index (χ1) is 10.3. The van der Waals surface area contributed by atoms with Crippen molar-refractivity contribution >= 4 is 0 Å². The van der Waals surface area contributed by atoms with Gasteiger partial charge in [0.05, 0.1) is 13.7 Å². The fraction of sp³-hybridized carbons (Fsp3) is 0.312. The lowest BCUT2D eigenvalue weighted by atomic mass is 10.2. The maximum absolute atomic E-state index is 8.79. The highest BCUT2D eigenvalue weighted by Crippen LogP contribution is 2.27. The molecular weight excluding hydrogens is 268 g/mol. The number of aliphatic hydroxyl groups is 1. The molecule has 0 atom stereocenters. The standard InChI is InChI=1S/C16H20N2O3/c1-20-16-9-13(4-5-15(16)21-8-7-19)10-18-12-14-3-2-6-17-11-14/h2-6,9,11,18-19H,7-8,10,12H2,1H3. The van der Waals surface area contributed by atoms with Crippen molar-refractivity contribution in [2.75, 3.05) is 20.3 Å². The van der Waals surface area contributed by atoms with Gasteiger partial charge in [-0.2, -0.15) is 0 Å². The Morgan fingerprint density at radius 1 is 1.14 bits per heavy atom. The van der Waals surface area contributed by atoms with Crippen molar-refractivity contribution < 1.29 is 14.6 Å². The molecule has 0 saturated heterocycles. The lowest BCUT2D eigenvalue weighted by Crippen LogP contribution is -2.13. The number of aliphatic hydroxyl groups excluding tert-OH is 1. The van der Waals surface area contributed by atoms with Gasteiger partial charge in [0.1, 0.15) is 6.61 Å². The normalized spacial score (nSPS) is 10.4. The first kappa shape index (κ1) is 15.3. The molecule has 2 aromatic rings. The maximum Gasteiger partial charge on any atom is 0.161 e. The Kier molecular flexibility index (Phi) is 5.99. The second kappa shape index (κ2) is 8.24. The molecule has 0 saturated carbocycles. The van der Waals surface area contributed by atoms with Crippen LogP contribution in [0, 0.1) is 0 Å². The number of aromatic nitrogens is 1. The van der Waals surface area contributed by atoms with Crippen LogP contribution in [0.15, 0.2) is 42.7 Å². The van der Waals surface area contributed by atoms with Crippen LogP contribution in [0.3, 0.4) is 0 Å². The summed E-state index contributed by atoms with van der Waals surface area (Å²) < 4.78 is 10.7. The van der Waals surface area contributed by atoms with Crippen LogP contribution >= 0.6 is 0 Å². The number of ether oxygens (including phenoxy) is 2. The number of nitrogens with one attached hydrogen (secondary N) is 1. The van der Waals surface area contributed by atoms with Crippen molar-refractivity contribution in [3.8, 4) is 11.5 Å². The van der Waals surface area contributed by atoms with Crippen LogP contribution in [-0.4, -0.2) is 30.4 Å². The van der Waals surface area contributed by atoms with Crippen LogP contribution in [0.25, 0.3) is 0 Å². The van der Waals surface area contributed by atoms with Crippen molar-refractivity contribution in [3.05, 3.63) is 53.9 Å². The minimum absolute atomic E-state index is 0.0163. The molecule has 2 N–H and O–H groups in total. The second-order valence-electron chi connectivity index (χ2n) is 4.52. The maximum atomic E-state index is 8.79. The fourth-order valence-corrected chi connectivity index (χ4v) is 1.95. The van der Waals surface area contributed by atoms with Gasteiger partial charge in [0.2, 0.25) is 0 Å². The van der Waals surface area contributed by atoms with Crippen LogP contribution in [-0.2, 0) is 13.1 Å². The average Bonchev–Trinajstić information content (AvgIpc) is 2.54. The first-order valence-corrected chi connectivity index (χ1v) is 6.83. The van der Waals surface area contributed by atoms with E-state index in [-0.39, 0.29) is 13.2 Å².